The van der Waals surface area contributed by atoms with E-state index >= 15 is 0 Å². The number of hydrogen-bond acceptors (Lipinski definition) is 3. The SMILES string of the molecule is O=C(NCc1ccc(F)cc1)N[C@@H](c1ccsc1)c1cccs1. The first-order valence-corrected chi connectivity index (χ1v) is 8.89. The van der Waals surface area contributed by atoms with Crippen LogP contribution in [0, 0.1) is 5.82 Å². The number of urea groups is 1. The number of rotatable bonds is 5. The molecular weight excluding hydrogens is 331 g/mol. The normalized spacial score (nSPS) is 11.9. The zero-order valence-electron chi connectivity index (χ0n) is 12.2. The summed E-state index contributed by atoms with van der Waals surface area (Å²) in [4.78, 5) is 13.3. The predicted octanol–water partition coefficient (Wildman–Crippen LogP) is 4.54. The molecule has 0 bridgehead atoms. The quantitative estimate of drug-likeness (QED) is 0.700. The molecular formula is C17H15FN2OS2. The van der Waals surface area contributed by atoms with E-state index in [0.29, 0.717) is 6.54 Å². The molecule has 0 aliphatic carbocycles. The first-order chi connectivity index (χ1) is 11.2. The van der Waals surface area contributed by atoms with Gasteiger partial charge in [-0.3, -0.25) is 0 Å². The first kappa shape index (κ1) is 15.7. The Morgan fingerprint density at radius 3 is 2.61 bits per heavy atom. The van der Waals surface area contributed by atoms with E-state index in [9.17, 15) is 9.18 Å². The lowest BCUT2D eigenvalue weighted by Crippen LogP contribution is -2.37. The largest absolute Gasteiger partial charge is 0.334 e. The lowest BCUT2D eigenvalue weighted by Gasteiger charge is -2.17. The van der Waals surface area contributed by atoms with Crippen LogP contribution in [0.2, 0.25) is 0 Å². The summed E-state index contributed by atoms with van der Waals surface area (Å²) in [5.41, 5.74) is 1.92. The van der Waals surface area contributed by atoms with Gasteiger partial charge in [0.1, 0.15) is 5.82 Å². The van der Waals surface area contributed by atoms with Gasteiger partial charge >= 0.3 is 6.03 Å². The zero-order valence-corrected chi connectivity index (χ0v) is 13.8. The molecule has 118 valence electrons. The summed E-state index contributed by atoms with van der Waals surface area (Å²) in [6.07, 6.45) is 0. The highest BCUT2D eigenvalue weighted by molar-refractivity contribution is 7.10. The van der Waals surface area contributed by atoms with Crippen molar-refractivity contribution in [2.75, 3.05) is 0 Å². The molecule has 6 heteroatoms. The molecule has 2 heterocycles. The second-order valence-electron chi connectivity index (χ2n) is 4.96. The van der Waals surface area contributed by atoms with E-state index in [-0.39, 0.29) is 17.9 Å². The van der Waals surface area contributed by atoms with Crippen LogP contribution in [0.3, 0.4) is 0 Å². The minimum atomic E-state index is -0.284. The van der Waals surface area contributed by atoms with Crippen molar-refractivity contribution >= 4 is 28.7 Å². The van der Waals surface area contributed by atoms with E-state index in [0.717, 1.165) is 16.0 Å². The van der Waals surface area contributed by atoms with E-state index in [1.54, 1.807) is 34.8 Å². The van der Waals surface area contributed by atoms with Gasteiger partial charge in [-0.05, 0) is 51.5 Å². The monoisotopic (exact) mass is 346 g/mol. The molecule has 0 spiro atoms. The number of hydrogen-bond donors (Lipinski definition) is 2. The molecule has 0 saturated carbocycles. The number of benzene rings is 1. The molecule has 1 aromatic carbocycles. The van der Waals surface area contributed by atoms with Crippen LogP contribution in [-0.4, -0.2) is 6.03 Å². The molecule has 2 N–H and O–H groups in total. The molecule has 0 radical (unpaired) electrons. The van der Waals surface area contributed by atoms with Gasteiger partial charge in [-0.25, -0.2) is 9.18 Å². The van der Waals surface area contributed by atoms with Gasteiger partial charge in [0.25, 0.3) is 0 Å². The van der Waals surface area contributed by atoms with E-state index in [4.69, 9.17) is 0 Å². The number of amides is 2. The second-order valence-corrected chi connectivity index (χ2v) is 6.72. The average molecular weight is 346 g/mol. The van der Waals surface area contributed by atoms with Gasteiger partial charge in [-0.1, -0.05) is 18.2 Å². The Bertz CT molecular complexity index is 705. The lowest BCUT2D eigenvalue weighted by atomic mass is 10.1. The maximum absolute atomic E-state index is 12.9. The highest BCUT2D eigenvalue weighted by atomic mass is 32.1. The van der Waals surface area contributed by atoms with Crippen molar-refractivity contribution in [2.24, 2.45) is 0 Å². The minimum Gasteiger partial charge on any atom is -0.334 e. The number of nitrogens with one attached hydrogen (secondary N) is 2. The Labute approximate surface area is 141 Å². The van der Waals surface area contributed by atoms with Crippen LogP contribution in [0.15, 0.2) is 58.6 Å². The van der Waals surface area contributed by atoms with E-state index in [2.05, 4.69) is 10.6 Å². The Morgan fingerprint density at radius 1 is 1.13 bits per heavy atom. The van der Waals surface area contributed by atoms with Crippen molar-refractivity contribution in [3.8, 4) is 0 Å². The molecule has 1 atom stereocenters. The summed E-state index contributed by atoms with van der Waals surface area (Å²) in [5.74, 6) is -0.284. The highest BCUT2D eigenvalue weighted by Gasteiger charge is 2.18. The third kappa shape index (κ3) is 4.18. The third-order valence-electron chi connectivity index (χ3n) is 3.35. The summed E-state index contributed by atoms with van der Waals surface area (Å²) in [6.45, 7) is 0.354. The first-order valence-electron chi connectivity index (χ1n) is 7.06. The van der Waals surface area contributed by atoms with Crippen LogP contribution in [0.5, 0.6) is 0 Å². The van der Waals surface area contributed by atoms with Gasteiger partial charge in [0.2, 0.25) is 0 Å². The fourth-order valence-electron chi connectivity index (χ4n) is 2.18. The highest BCUT2D eigenvalue weighted by Crippen LogP contribution is 2.27. The Balaban J connectivity index is 1.63. The van der Waals surface area contributed by atoms with Crippen LogP contribution >= 0.6 is 22.7 Å². The zero-order chi connectivity index (χ0) is 16.1. The molecule has 0 unspecified atom stereocenters. The lowest BCUT2D eigenvalue weighted by molar-refractivity contribution is 0.238. The van der Waals surface area contributed by atoms with Crippen LogP contribution in [0.25, 0.3) is 0 Å². The number of thiophene rings is 2. The van der Waals surface area contributed by atoms with E-state index < -0.39 is 0 Å². The fraction of sp³-hybridized carbons (Fsp3) is 0.118. The maximum atomic E-state index is 12.9. The third-order valence-corrected chi connectivity index (χ3v) is 4.98. The van der Waals surface area contributed by atoms with Gasteiger partial charge in [-0.15, -0.1) is 11.3 Å². The molecule has 0 aliphatic rings. The van der Waals surface area contributed by atoms with Crippen molar-refractivity contribution in [1.29, 1.82) is 0 Å². The molecule has 3 aromatic rings. The van der Waals surface area contributed by atoms with E-state index in [1.165, 1.54) is 12.1 Å². The van der Waals surface area contributed by atoms with Gasteiger partial charge in [0.15, 0.2) is 0 Å². The standard InChI is InChI=1S/C17H15FN2OS2/c18-14-5-3-12(4-6-14)10-19-17(21)20-16(13-7-9-22-11-13)15-2-1-8-23-15/h1-9,11,16H,10H2,(H2,19,20,21)/t16-/m0/s1. The number of halogens is 1. The molecule has 3 nitrogen and oxygen atoms in total. The maximum Gasteiger partial charge on any atom is 0.315 e. The van der Waals surface area contributed by atoms with Crippen molar-refractivity contribution < 1.29 is 9.18 Å². The molecule has 2 aromatic heterocycles. The molecule has 0 fully saturated rings. The van der Waals surface area contributed by atoms with Gasteiger partial charge in [-0.2, -0.15) is 11.3 Å². The van der Waals surface area contributed by atoms with Crippen LogP contribution in [-0.2, 0) is 6.54 Å². The summed E-state index contributed by atoms with van der Waals surface area (Å²) in [6, 6.07) is 11.7. The van der Waals surface area contributed by atoms with Crippen molar-refractivity contribution in [3.63, 3.8) is 0 Å². The number of carbonyl (C=O) groups is 1. The fourth-order valence-corrected chi connectivity index (χ4v) is 3.67. The van der Waals surface area contributed by atoms with Crippen LogP contribution in [0.1, 0.15) is 22.0 Å². The number of carbonyl (C=O) groups excluding carboxylic acids is 1. The summed E-state index contributed by atoms with van der Waals surface area (Å²) in [7, 11) is 0. The Morgan fingerprint density at radius 2 is 1.96 bits per heavy atom. The summed E-state index contributed by atoms with van der Waals surface area (Å²) < 4.78 is 12.9. The van der Waals surface area contributed by atoms with Gasteiger partial charge in [0, 0.05) is 11.4 Å². The van der Waals surface area contributed by atoms with Crippen LogP contribution in [0.4, 0.5) is 9.18 Å². The summed E-state index contributed by atoms with van der Waals surface area (Å²) >= 11 is 3.21. The van der Waals surface area contributed by atoms with Crippen molar-refractivity contribution in [2.45, 2.75) is 12.6 Å². The Kier molecular flexibility index (Phi) is 5.05. The van der Waals surface area contributed by atoms with Crippen LogP contribution < -0.4 is 10.6 Å². The predicted molar refractivity (Wildman–Crippen MR) is 92.3 cm³/mol. The molecule has 23 heavy (non-hydrogen) atoms. The minimum absolute atomic E-state index is 0.158. The molecule has 3 rings (SSSR count). The molecule has 2 amide bonds. The smallest absolute Gasteiger partial charge is 0.315 e. The van der Waals surface area contributed by atoms with Crippen molar-refractivity contribution in [3.05, 3.63) is 80.4 Å². The molecule has 0 aliphatic heterocycles. The molecule has 0 saturated heterocycles. The van der Waals surface area contributed by atoms with Gasteiger partial charge in [0.05, 0.1) is 6.04 Å². The Hall–Kier alpha value is -2.18. The van der Waals surface area contributed by atoms with Crippen molar-refractivity contribution in [1.82, 2.24) is 10.6 Å². The topological polar surface area (TPSA) is 41.1 Å². The van der Waals surface area contributed by atoms with Gasteiger partial charge < -0.3 is 10.6 Å². The second kappa shape index (κ2) is 7.39. The van der Waals surface area contributed by atoms with E-state index in [1.807, 2.05) is 34.3 Å². The average Bonchev–Trinajstić information content (AvgIpc) is 3.25. The summed E-state index contributed by atoms with van der Waals surface area (Å²) in [5, 5.41) is 11.8.